The Labute approximate surface area is 248 Å². The predicted octanol–water partition coefficient (Wildman–Crippen LogP) is 9.47. The molecule has 4 rings (SSSR count). The van der Waals surface area contributed by atoms with E-state index in [1.54, 1.807) is 0 Å². The van der Waals surface area contributed by atoms with Crippen LogP contribution in [-0.4, -0.2) is 30.5 Å². The first-order valence-electron chi connectivity index (χ1n) is 12.6. The third-order valence-corrected chi connectivity index (χ3v) is 9.75. The zero-order chi connectivity index (χ0) is 28.9. The number of hydrogen-bond acceptors (Lipinski definition) is 3. The van der Waals surface area contributed by atoms with Crippen molar-refractivity contribution in [2.24, 2.45) is 28.7 Å². The van der Waals surface area contributed by atoms with Crippen LogP contribution in [0.1, 0.15) is 51.2 Å². The van der Waals surface area contributed by atoms with Crippen LogP contribution in [0.4, 0.5) is 17.6 Å². The molecule has 2 aliphatic rings. The Kier molecular flexibility index (Phi) is 9.02. The van der Waals surface area contributed by atoms with Crippen LogP contribution in [0.25, 0.3) is 0 Å². The number of carbonyl (C=O) groups excluding carboxylic acids is 1. The van der Waals surface area contributed by atoms with Crippen molar-refractivity contribution in [1.29, 1.82) is 0 Å². The van der Waals surface area contributed by atoms with Gasteiger partial charge in [-0.2, -0.15) is 13.2 Å². The van der Waals surface area contributed by atoms with E-state index in [-0.39, 0.29) is 54.1 Å². The molecule has 1 aliphatic carbocycles. The van der Waals surface area contributed by atoms with E-state index in [2.05, 4.69) is 20.9 Å². The fourth-order valence-corrected chi connectivity index (χ4v) is 6.78. The molecular formula is C28H27BrCl3F4NO2. The summed E-state index contributed by atoms with van der Waals surface area (Å²) in [5.74, 6) is -3.12. The van der Waals surface area contributed by atoms with Gasteiger partial charge in [0.2, 0.25) is 0 Å². The van der Waals surface area contributed by atoms with Crippen molar-refractivity contribution in [2.45, 2.75) is 57.7 Å². The van der Waals surface area contributed by atoms with Gasteiger partial charge in [0, 0.05) is 0 Å². The molecule has 5 atom stereocenters. The minimum absolute atomic E-state index is 0.00612. The summed E-state index contributed by atoms with van der Waals surface area (Å²) in [6, 6.07) is 5.85. The molecule has 0 saturated heterocycles. The van der Waals surface area contributed by atoms with Crippen molar-refractivity contribution < 1.29 is 27.1 Å². The second-order valence-electron chi connectivity index (χ2n) is 10.8. The standard InChI is InChI=1S/C28H27BrCl3F4NO2/c1-13(2)17-6-4-14(3)8-22(17)39-26(38)23-25(15-5-7-21(33)18(29)9-15)37-12-27(23,28(34,35)36)16-10-19(30)24(32)20(31)11-16/h5,7,9-11,13-14,17,22-23H,4,6,8,12H2,1-3H3/t14-,17+,22-,23+,27+/m1/s1. The number of carbonyl (C=O) groups is 1. The Morgan fingerprint density at radius 3 is 2.33 bits per heavy atom. The van der Waals surface area contributed by atoms with E-state index in [1.165, 1.54) is 12.1 Å². The Morgan fingerprint density at radius 2 is 1.77 bits per heavy atom. The molecule has 0 amide bonds. The molecule has 0 unspecified atom stereocenters. The number of aliphatic imine (C=N–C) groups is 1. The Hall–Kier alpha value is -1.35. The average Bonchev–Trinajstić information content (AvgIpc) is 3.26. The number of halogens is 8. The molecule has 212 valence electrons. The minimum Gasteiger partial charge on any atom is -0.462 e. The Morgan fingerprint density at radius 1 is 1.13 bits per heavy atom. The maximum Gasteiger partial charge on any atom is 0.401 e. The van der Waals surface area contributed by atoms with Crippen LogP contribution in [0, 0.1) is 29.5 Å². The van der Waals surface area contributed by atoms with Crippen LogP contribution in [0.2, 0.25) is 15.1 Å². The fraction of sp³-hybridized carbons (Fsp3) is 0.500. The molecular weight excluding hydrogens is 645 g/mol. The molecule has 0 bridgehead atoms. The summed E-state index contributed by atoms with van der Waals surface area (Å²) in [5.41, 5.74) is -3.18. The van der Waals surface area contributed by atoms with Crippen LogP contribution in [0.15, 0.2) is 39.8 Å². The third kappa shape index (κ3) is 5.73. The summed E-state index contributed by atoms with van der Waals surface area (Å²) < 4.78 is 65.9. The number of nitrogens with zero attached hydrogens (tertiary/aromatic N) is 1. The minimum atomic E-state index is -4.98. The van der Waals surface area contributed by atoms with Gasteiger partial charge in [0.1, 0.15) is 23.3 Å². The topological polar surface area (TPSA) is 38.7 Å². The molecule has 1 heterocycles. The molecule has 0 spiro atoms. The molecule has 11 heteroatoms. The molecule has 3 nitrogen and oxygen atoms in total. The Balaban J connectivity index is 1.88. The first-order chi connectivity index (χ1) is 18.2. The normalized spacial score (nSPS) is 27.5. The van der Waals surface area contributed by atoms with Crippen LogP contribution in [0.5, 0.6) is 0 Å². The van der Waals surface area contributed by atoms with E-state index < -0.39 is 41.9 Å². The molecule has 1 aliphatic heterocycles. The number of rotatable bonds is 5. The van der Waals surface area contributed by atoms with Crippen molar-refractivity contribution in [2.75, 3.05) is 6.54 Å². The number of hydrogen-bond donors (Lipinski definition) is 0. The van der Waals surface area contributed by atoms with E-state index in [0.717, 1.165) is 31.0 Å². The number of benzene rings is 2. The van der Waals surface area contributed by atoms with E-state index in [0.29, 0.717) is 6.42 Å². The second kappa shape index (κ2) is 11.5. The molecule has 0 N–H and O–H groups in total. The van der Waals surface area contributed by atoms with E-state index in [9.17, 15) is 9.18 Å². The lowest BCUT2D eigenvalue weighted by Gasteiger charge is -2.40. The highest BCUT2D eigenvalue weighted by atomic mass is 79.9. The fourth-order valence-electron chi connectivity index (χ4n) is 5.81. The van der Waals surface area contributed by atoms with E-state index in [1.807, 2.05) is 20.8 Å². The summed E-state index contributed by atoms with van der Waals surface area (Å²) in [5, 5.41) is -0.473. The summed E-state index contributed by atoms with van der Waals surface area (Å²) in [6.07, 6.45) is -3.22. The van der Waals surface area contributed by atoms with Crippen LogP contribution in [0.3, 0.4) is 0 Å². The van der Waals surface area contributed by atoms with Gasteiger partial charge in [-0.3, -0.25) is 9.79 Å². The second-order valence-corrected chi connectivity index (χ2v) is 12.8. The van der Waals surface area contributed by atoms with Crippen molar-refractivity contribution in [3.8, 4) is 0 Å². The van der Waals surface area contributed by atoms with Crippen molar-refractivity contribution in [3.63, 3.8) is 0 Å². The molecule has 39 heavy (non-hydrogen) atoms. The zero-order valence-corrected chi connectivity index (χ0v) is 25.2. The summed E-state index contributed by atoms with van der Waals surface area (Å²) in [6.45, 7) is 5.24. The summed E-state index contributed by atoms with van der Waals surface area (Å²) >= 11 is 21.5. The number of ether oxygens (including phenoxy) is 1. The molecule has 2 aromatic rings. The third-order valence-electron chi connectivity index (χ3n) is 7.95. The van der Waals surface area contributed by atoms with Gasteiger partial charge in [0.25, 0.3) is 0 Å². The van der Waals surface area contributed by atoms with Gasteiger partial charge in [-0.05, 0) is 81.9 Å². The van der Waals surface area contributed by atoms with Crippen LogP contribution >= 0.6 is 50.7 Å². The first kappa shape index (κ1) is 30.6. The van der Waals surface area contributed by atoms with E-state index >= 15 is 13.2 Å². The van der Waals surface area contributed by atoms with Crippen LogP contribution in [-0.2, 0) is 14.9 Å². The lowest BCUT2D eigenvalue weighted by atomic mass is 9.68. The summed E-state index contributed by atoms with van der Waals surface area (Å²) in [4.78, 5) is 18.3. The Bertz CT molecular complexity index is 1280. The lowest BCUT2D eigenvalue weighted by molar-refractivity contribution is -0.204. The first-order valence-corrected chi connectivity index (χ1v) is 14.5. The van der Waals surface area contributed by atoms with Gasteiger partial charge in [0.15, 0.2) is 0 Å². The quantitative estimate of drug-likeness (QED) is 0.181. The van der Waals surface area contributed by atoms with Crippen molar-refractivity contribution in [1.82, 2.24) is 0 Å². The smallest absolute Gasteiger partial charge is 0.401 e. The lowest BCUT2D eigenvalue weighted by Crippen LogP contribution is -2.54. The highest BCUT2D eigenvalue weighted by Crippen LogP contribution is 2.53. The maximum absolute atomic E-state index is 15.3. The molecule has 1 fully saturated rings. The SMILES string of the molecule is CC(C)[C@@H]1CC[C@@H](C)C[C@H]1OC(=O)[C@@H]1C(c2ccc(F)c(Br)c2)=NC[C@@]1(c1cc(Cl)c(Cl)c(Cl)c1)C(F)(F)F. The summed E-state index contributed by atoms with van der Waals surface area (Å²) in [7, 11) is 0. The predicted molar refractivity (Wildman–Crippen MR) is 149 cm³/mol. The number of esters is 1. The van der Waals surface area contributed by atoms with Gasteiger partial charge >= 0.3 is 12.1 Å². The van der Waals surface area contributed by atoms with Gasteiger partial charge in [-0.15, -0.1) is 0 Å². The van der Waals surface area contributed by atoms with Gasteiger partial charge < -0.3 is 4.74 Å². The van der Waals surface area contributed by atoms with Crippen molar-refractivity contribution in [3.05, 3.63) is 66.8 Å². The van der Waals surface area contributed by atoms with Gasteiger partial charge in [-0.1, -0.05) is 68.1 Å². The van der Waals surface area contributed by atoms with Crippen molar-refractivity contribution >= 4 is 62.4 Å². The zero-order valence-electron chi connectivity index (χ0n) is 21.4. The van der Waals surface area contributed by atoms with Gasteiger partial charge in [-0.25, -0.2) is 4.39 Å². The van der Waals surface area contributed by atoms with Crippen LogP contribution < -0.4 is 0 Å². The highest BCUT2D eigenvalue weighted by Gasteiger charge is 2.67. The highest BCUT2D eigenvalue weighted by molar-refractivity contribution is 9.10. The molecule has 0 aromatic heterocycles. The molecule has 1 saturated carbocycles. The van der Waals surface area contributed by atoms with Gasteiger partial charge in [0.05, 0.1) is 31.8 Å². The number of alkyl halides is 3. The van der Waals surface area contributed by atoms with E-state index in [4.69, 9.17) is 39.5 Å². The monoisotopic (exact) mass is 669 g/mol. The largest absolute Gasteiger partial charge is 0.462 e. The maximum atomic E-state index is 15.3. The molecule has 0 radical (unpaired) electrons. The average molecular weight is 672 g/mol. The molecule has 2 aromatic carbocycles.